The van der Waals surface area contributed by atoms with E-state index in [0.29, 0.717) is 6.42 Å². The molecule has 3 rings (SSSR count). The molecular weight excluding hydrogens is 266 g/mol. The normalized spacial score (nSPS) is 12.4. The Morgan fingerprint density at radius 2 is 1.90 bits per heavy atom. The molecule has 5 nitrogen and oxygen atoms in total. The molecule has 4 N–H and O–H groups in total. The van der Waals surface area contributed by atoms with Gasteiger partial charge >= 0.3 is 5.97 Å². The lowest BCUT2D eigenvalue weighted by atomic mass is 10.0. The molecule has 5 heteroatoms. The molecule has 106 valence electrons. The largest absolute Gasteiger partial charge is 0.480 e. The fraction of sp³-hybridized carbons (Fsp3) is 0.125. The number of rotatable bonds is 4. The molecule has 2 aromatic carbocycles. The highest BCUT2D eigenvalue weighted by Crippen LogP contribution is 2.26. The van der Waals surface area contributed by atoms with E-state index in [1.807, 2.05) is 48.5 Å². The third-order valence-corrected chi connectivity index (χ3v) is 3.47. The number of nitrogens with zero attached hydrogens (tertiary/aromatic N) is 1. The number of benzene rings is 2. The maximum atomic E-state index is 10.8. The molecule has 0 saturated heterocycles. The van der Waals surface area contributed by atoms with Gasteiger partial charge in [0.05, 0.1) is 11.2 Å². The van der Waals surface area contributed by atoms with Gasteiger partial charge in [-0.25, -0.2) is 0 Å². The van der Waals surface area contributed by atoms with E-state index >= 15 is 0 Å². The highest BCUT2D eigenvalue weighted by molar-refractivity contribution is 5.92. The number of nitrogens with two attached hydrogens (primary N) is 1. The second-order valence-corrected chi connectivity index (χ2v) is 4.96. The van der Waals surface area contributed by atoms with Gasteiger partial charge in [-0.3, -0.25) is 9.89 Å². The number of carboxylic acid groups (broad SMARTS) is 1. The molecule has 1 heterocycles. The van der Waals surface area contributed by atoms with Crippen LogP contribution in [0.5, 0.6) is 0 Å². The Bertz CT molecular complexity index is 778. The van der Waals surface area contributed by atoms with Crippen molar-refractivity contribution >= 4 is 16.9 Å². The summed E-state index contributed by atoms with van der Waals surface area (Å²) in [7, 11) is 0. The summed E-state index contributed by atoms with van der Waals surface area (Å²) >= 11 is 0. The van der Waals surface area contributed by atoms with Crippen LogP contribution in [0, 0.1) is 0 Å². The molecule has 0 saturated carbocycles. The molecule has 0 amide bonds. The minimum absolute atomic E-state index is 0.316. The van der Waals surface area contributed by atoms with Crippen LogP contribution in [0.2, 0.25) is 0 Å². The minimum Gasteiger partial charge on any atom is -0.480 e. The molecule has 21 heavy (non-hydrogen) atoms. The number of H-pyrrole nitrogens is 1. The molecule has 1 aromatic heterocycles. The zero-order chi connectivity index (χ0) is 14.8. The summed E-state index contributed by atoms with van der Waals surface area (Å²) in [6.45, 7) is 0. The first-order chi connectivity index (χ1) is 10.1. The second-order valence-electron chi connectivity index (χ2n) is 4.96. The summed E-state index contributed by atoms with van der Waals surface area (Å²) < 4.78 is 0. The summed E-state index contributed by atoms with van der Waals surface area (Å²) in [5.41, 5.74) is 9.30. The minimum atomic E-state index is -0.989. The number of aromatic nitrogens is 2. The summed E-state index contributed by atoms with van der Waals surface area (Å²) in [6.07, 6.45) is 0.316. The van der Waals surface area contributed by atoms with Gasteiger partial charge in [0, 0.05) is 10.9 Å². The van der Waals surface area contributed by atoms with Gasteiger partial charge in [0.25, 0.3) is 0 Å². The van der Waals surface area contributed by atoms with Crippen LogP contribution in [0.15, 0.2) is 48.5 Å². The van der Waals surface area contributed by atoms with Gasteiger partial charge in [0.15, 0.2) is 0 Å². The Balaban J connectivity index is 1.89. The lowest BCUT2D eigenvalue weighted by Gasteiger charge is -2.07. The number of nitrogens with one attached hydrogen (secondary N) is 1. The van der Waals surface area contributed by atoms with Crippen molar-refractivity contribution < 1.29 is 9.90 Å². The van der Waals surface area contributed by atoms with Crippen molar-refractivity contribution in [3.05, 3.63) is 54.1 Å². The quantitative estimate of drug-likeness (QED) is 0.683. The number of aromatic amines is 1. The Kier molecular flexibility index (Phi) is 3.41. The Morgan fingerprint density at radius 3 is 2.62 bits per heavy atom. The maximum Gasteiger partial charge on any atom is 0.320 e. The lowest BCUT2D eigenvalue weighted by molar-refractivity contribution is -0.138. The van der Waals surface area contributed by atoms with E-state index in [2.05, 4.69) is 10.2 Å². The topological polar surface area (TPSA) is 92.0 Å². The number of hydrogen-bond acceptors (Lipinski definition) is 3. The molecule has 0 aliphatic heterocycles. The summed E-state index contributed by atoms with van der Waals surface area (Å²) in [5, 5.41) is 17.2. The van der Waals surface area contributed by atoms with Crippen LogP contribution in [0.3, 0.4) is 0 Å². The molecule has 0 fully saturated rings. The fourth-order valence-corrected chi connectivity index (χ4v) is 2.32. The first-order valence-corrected chi connectivity index (χ1v) is 6.66. The van der Waals surface area contributed by atoms with Gasteiger partial charge in [-0.15, -0.1) is 0 Å². The van der Waals surface area contributed by atoms with E-state index < -0.39 is 12.0 Å². The zero-order valence-electron chi connectivity index (χ0n) is 11.3. The SMILES string of the molecule is N[C@@H](Cc1ccc(-c2n[nH]c3ccccc23)cc1)C(=O)O. The number of para-hydroxylation sites is 1. The molecule has 0 bridgehead atoms. The number of carboxylic acids is 1. The lowest BCUT2D eigenvalue weighted by Crippen LogP contribution is -2.32. The van der Waals surface area contributed by atoms with E-state index in [9.17, 15) is 4.79 Å². The van der Waals surface area contributed by atoms with Gasteiger partial charge in [0.2, 0.25) is 0 Å². The van der Waals surface area contributed by atoms with Gasteiger partial charge in [-0.05, 0) is 18.1 Å². The van der Waals surface area contributed by atoms with Crippen LogP contribution in [-0.2, 0) is 11.2 Å². The van der Waals surface area contributed by atoms with Gasteiger partial charge in [0.1, 0.15) is 6.04 Å². The standard InChI is InChI=1S/C16H15N3O2/c17-13(16(20)21)9-10-5-7-11(8-6-10)15-12-3-1-2-4-14(12)18-19-15/h1-8,13H,9,17H2,(H,18,19)(H,20,21)/t13-/m0/s1. The predicted molar refractivity (Wildman–Crippen MR) is 80.8 cm³/mol. The summed E-state index contributed by atoms with van der Waals surface area (Å²) in [5.74, 6) is -0.989. The van der Waals surface area contributed by atoms with Crippen LogP contribution >= 0.6 is 0 Å². The fourth-order valence-electron chi connectivity index (χ4n) is 2.32. The molecule has 0 aliphatic carbocycles. The number of aliphatic carboxylic acids is 1. The van der Waals surface area contributed by atoms with E-state index in [1.165, 1.54) is 0 Å². The Hall–Kier alpha value is -2.66. The zero-order valence-corrected chi connectivity index (χ0v) is 11.3. The number of fused-ring (bicyclic) bond motifs is 1. The van der Waals surface area contributed by atoms with Gasteiger partial charge in [-0.1, -0.05) is 42.5 Å². The highest BCUT2D eigenvalue weighted by Gasteiger charge is 2.12. The summed E-state index contributed by atoms with van der Waals surface area (Å²) in [4.78, 5) is 10.8. The average molecular weight is 281 g/mol. The monoisotopic (exact) mass is 281 g/mol. The van der Waals surface area contributed by atoms with Crippen molar-refractivity contribution in [1.82, 2.24) is 10.2 Å². The smallest absolute Gasteiger partial charge is 0.320 e. The van der Waals surface area contributed by atoms with E-state index in [1.54, 1.807) is 0 Å². The van der Waals surface area contributed by atoms with Crippen LogP contribution < -0.4 is 5.73 Å². The van der Waals surface area contributed by atoms with Crippen molar-refractivity contribution in [1.29, 1.82) is 0 Å². The molecule has 0 radical (unpaired) electrons. The van der Waals surface area contributed by atoms with Crippen LogP contribution in [0.25, 0.3) is 22.2 Å². The maximum absolute atomic E-state index is 10.8. The predicted octanol–water partition coefficient (Wildman–Crippen LogP) is 2.18. The first kappa shape index (κ1) is 13.3. The molecule has 3 aromatic rings. The van der Waals surface area contributed by atoms with Gasteiger partial charge in [-0.2, -0.15) is 5.10 Å². The number of carbonyl (C=O) groups is 1. The van der Waals surface area contributed by atoms with Crippen LogP contribution in [0.1, 0.15) is 5.56 Å². The van der Waals surface area contributed by atoms with Crippen molar-refractivity contribution in [3.8, 4) is 11.3 Å². The Morgan fingerprint density at radius 1 is 1.19 bits per heavy atom. The highest BCUT2D eigenvalue weighted by atomic mass is 16.4. The second kappa shape index (κ2) is 5.38. The van der Waals surface area contributed by atoms with E-state index in [-0.39, 0.29) is 0 Å². The molecule has 0 unspecified atom stereocenters. The van der Waals surface area contributed by atoms with Gasteiger partial charge < -0.3 is 10.8 Å². The molecule has 1 atom stereocenters. The van der Waals surface area contributed by atoms with Crippen LogP contribution in [0.4, 0.5) is 0 Å². The third-order valence-electron chi connectivity index (χ3n) is 3.47. The van der Waals surface area contributed by atoms with Crippen molar-refractivity contribution in [2.45, 2.75) is 12.5 Å². The average Bonchev–Trinajstić information content (AvgIpc) is 2.92. The molecule has 0 aliphatic rings. The Labute approximate surface area is 121 Å². The van der Waals surface area contributed by atoms with Crippen molar-refractivity contribution in [2.24, 2.45) is 5.73 Å². The van der Waals surface area contributed by atoms with Crippen LogP contribution in [-0.4, -0.2) is 27.3 Å². The number of hydrogen-bond donors (Lipinski definition) is 3. The molecule has 0 spiro atoms. The molecular formula is C16H15N3O2. The van der Waals surface area contributed by atoms with Crippen molar-refractivity contribution in [3.63, 3.8) is 0 Å². The summed E-state index contributed by atoms with van der Waals surface area (Å²) in [6, 6.07) is 14.7. The third kappa shape index (κ3) is 2.64. The first-order valence-electron chi connectivity index (χ1n) is 6.66. The van der Waals surface area contributed by atoms with E-state index in [0.717, 1.165) is 27.7 Å². The van der Waals surface area contributed by atoms with Crippen molar-refractivity contribution in [2.75, 3.05) is 0 Å². The van der Waals surface area contributed by atoms with E-state index in [4.69, 9.17) is 10.8 Å².